The lowest BCUT2D eigenvalue weighted by molar-refractivity contribution is 0.0539. The number of ether oxygens (including phenoxy) is 6. The summed E-state index contributed by atoms with van der Waals surface area (Å²) in [7, 11) is 6.41. The van der Waals surface area contributed by atoms with Crippen LogP contribution >= 0.6 is 0 Å². The Morgan fingerprint density at radius 2 is 1.03 bits per heavy atom. The van der Waals surface area contributed by atoms with E-state index >= 15 is 0 Å². The first-order chi connectivity index (χ1) is 14.6. The molecule has 2 rings (SSSR count). The number of hydrogen-bond donors (Lipinski definition) is 0. The third kappa shape index (κ3) is 7.06. The summed E-state index contributed by atoms with van der Waals surface area (Å²) in [5, 5.41) is 0. The lowest BCUT2D eigenvalue weighted by atomic mass is 10.1. The molecule has 7 heteroatoms. The van der Waals surface area contributed by atoms with Crippen molar-refractivity contribution >= 4 is 6.16 Å². The van der Waals surface area contributed by atoms with E-state index in [1.807, 2.05) is 36.4 Å². The van der Waals surface area contributed by atoms with Gasteiger partial charge in [-0.2, -0.15) is 0 Å². The maximum absolute atomic E-state index is 11.7. The molecule has 0 heterocycles. The Morgan fingerprint density at radius 1 is 0.633 bits per heavy atom. The number of aryl methyl sites for hydroxylation is 2. The van der Waals surface area contributed by atoms with Gasteiger partial charge < -0.3 is 28.4 Å². The van der Waals surface area contributed by atoms with Gasteiger partial charge in [0.2, 0.25) is 0 Å². The van der Waals surface area contributed by atoms with Crippen LogP contribution in [0.15, 0.2) is 36.4 Å². The molecule has 0 aromatic heterocycles. The maximum Gasteiger partial charge on any atom is 0.508 e. The smallest absolute Gasteiger partial charge is 0.493 e. The molecular weight excluding hydrogens is 388 g/mol. The highest BCUT2D eigenvalue weighted by molar-refractivity contribution is 5.59. The first-order valence-electron chi connectivity index (χ1n) is 9.82. The van der Waals surface area contributed by atoms with E-state index in [9.17, 15) is 4.79 Å². The molecule has 0 saturated carbocycles. The molecule has 30 heavy (non-hydrogen) atoms. The quantitative estimate of drug-likeness (QED) is 0.373. The second-order valence-electron chi connectivity index (χ2n) is 6.53. The first kappa shape index (κ1) is 23.2. The average Bonchev–Trinajstić information content (AvgIpc) is 2.79. The zero-order valence-electron chi connectivity index (χ0n) is 18.1. The minimum Gasteiger partial charge on any atom is -0.493 e. The van der Waals surface area contributed by atoms with Crippen molar-refractivity contribution in [1.29, 1.82) is 0 Å². The summed E-state index contributed by atoms with van der Waals surface area (Å²) in [6, 6.07) is 11.5. The summed E-state index contributed by atoms with van der Waals surface area (Å²) in [4.78, 5) is 11.7. The molecular formula is C23H30O7. The van der Waals surface area contributed by atoms with E-state index in [0.29, 0.717) is 49.1 Å². The summed E-state index contributed by atoms with van der Waals surface area (Å²) in [6.07, 6.45) is 2.25. The van der Waals surface area contributed by atoms with E-state index in [0.717, 1.165) is 24.0 Å². The van der Waals surface area contributed by atoms with E-state index in [1.54, 1.807) is 28.4 Å². The molecule has 7 nitrogen and oxygen atoms in total. The topological polar surface area (TPSA) is 72.5 Å². The maximum atomic E-state index is 11.7. The van der Waals surface area contributed by atoms with Crippen molar-refractivity contribution in [2.75, 3.05) is 41.7 Å². The monoisotopic (exact) mass is 418 g/mol. The van der Waals surface area contributed by atoms with Crippen molar-refractivity contribution in [2.45, 2.75) is 25.7 Å². The highest BCUT2D eigenvalue weighted by Crippen LogP contribution is 2.28. The van der Waals surface area contributed by atoms with Crippen molar-refractivity contribution in [2.24, 2.45) is 0 Å². The van der Waals surface area contributed by atoms with Gasteiger partial charge in [0.1, 0.15) is 0 Å². The Morgan fingerprint density at radius 3 is 1.40 bits per heavy atom. The number of hydrogen-bond acceptors (Lipinski definition) is 7. The highest BCUT2D eigenvalue weighted by Gasteiger charge is 2.08. The van der Waals surface area contributed by atoms with Gasteiger partial charge in [-0.15, -0.1) is 0 Å². The Hall–Kier alpha value is -3.09. The Balaban J connectivity index is 1.63. The van der Waals surface area contributed by atoms with Gasteiger partial charge in [0.25, 0.3) is 0 Å². The van der Waals surface area contributed by atoms with Gasteiger partial charge in [-0.3, -0.25) is 0 Å². The van der Waals surface area contributed by atoms with E-state index in [1.165, 1.54) is 0 Å². The summed E-state index contributed by atoms with van der Waals surface area (Å²) in [5.41, 5.74) is 2.17. The van der Waals surface area contributed by atoms with E-state index in [-0.39, 0.29) is 0 Å². The first-order valence-corrected chi connectivity index (χ1v) is 9.82. The summed E-state index contributed by atoms with van der Waals surface area (Å²) < 4.78 is 31.3. The van der Waals surface area contributed by atoms with Crippen LogP contribution in [-0.2, 0) is 22.3 Å². The fraction of sp³-hybridized carbons (Fsp3) is 0.435. The number of rotatable bonds is 12. The molecule has 0 aliphatic carbocycles. The SMILES string of the molecule is COc1ccc(CCCOC(=O)OCCCc2ccc(OC)c(OC)c2)cc1OC. The van der Waals surface area contributed by atoms with Crippen LogP contribution in [0.3, 0.4) is 0 Å². The summed E-state index contributed by atoms with van der Waals surface area (Å²) in [5.74, 6) is 2.75. The van der Waals surface area contributed by atoms with Crippen LogP contribution in [-0.4, -0.2) is 47.8 Å². The molecule has 2 aromatic carbocycles. The van der Waals surface area contributed by atoms with Crippen molar-refractivity contribution < 1.29 is 33.2 Å². The molecule has 0 unspecified atom stereocenters. The summed E-state index contributed by atoms with van der Waals surface area (Å²) >= 11 is 0. The number of benzene rings is 2. The zero-order chi connectivity index (χ0) is 21.8. The average molecular weight is 418 g/mol. The Labute approximate surface area is 177 Å². The van der Waals surface area contributed by atoms with Crippen LogP contribution in [0.5, 0.6) is 23.0 Å². The lowest BCUT2D eigenvalue weighted by Gasteiger charge is -2.10. The third-order valence-electron chi connectivity index (χ3n) is 4.56. The number of carbonyl (C=O) groups is 1. The van der Waals surface area contributed by atoms with Gasteiger partial charge in [0.15, 0.2) is 23.0 Å². The van der Waals surface area contributed by atoms with Crippen LogP contribution in [0.4, 0.5) is 4.79 Å². The second-order valence-corrected chi connectivity index (χ2v) is 6.53. The third-order valence-corrected chi connectivity index (χ3v) is 4.56. The van der Waals surface area contributed by atoms with Gasteiger partial charge in [0.05, 0.1) is 41.7 Å². The molecule has 0 radical (unpaired) electrons. The van der Waals surface area contributed by atoms with Crippen LogP contribution < -0.4 is 18.9 Å². The largest absolute Gasteiger partial charge is 0.508 e. The number of carbonyl (C=O) groups excluding carboxylic acids is 1. The van der Waals surface area contributed by atoms with Crippen molar-refractivity contribution in [3.63, 3.8) is 0 Å². The van der Waals surface area contributed by atoms with E-state index in [4.69, 9.17) is 28.4 Å². The predicted octanol–water partition coefficient (Wildman–Crippen LogP) is 4.44. The van der Waals surface area contributed by atoms with Gasteiger partial charge in [0, 0.05) is 0 Å². The van der Waals surface area contributed by atoms with Crippen LogP contribution in [0.1, 0.15) is 24.0 Å². The standard InChI is InChI=1S/C23H30O7/c1-25-19-11-9-17(15-21(19)27-3)7-5-13-29-23(24)30-14-6-8-18-10-12-20(26-2)22(16-18)28-4/h9-12,15-16H,5-8,13-14H2,1-4H3. The molecule has 0 aliphatic rings. The van der Waals surface area contributed by atoms with Crippen molar-refractivity contribution in [3.05, 3.63) is 47.5 Å². The normalized spacial score (nSPS) is 10.3. The molecule has 164 valence electrons. The lowest BCUT2D eigenvalue weighted by Crippen LogP contribution is -2.10. The molecule has 0 aliphatic heterocycles. The minimum absolute atomic E-state index is 0.295. The van der Waals surface area contributed by atoms with Crippen LogP contribution in [0, 0.1) is 0 Å². The zero-order valence-corrected chi connectivity index (χ0v) is 18.1. The van der Waals surface area contributed by atoms with E-state index in [2.05, 4.69) is 0 Å². The molecule has 0 fully saturated rings. The molecule has 0 spiro atoms. The summed E-state index contributed by atoms with van der Waals surface area (Å²) in [6.45, 7) is 0.589. The fourth-order valence-electron chi connectivity index (χ4n) is 2.98. The van der Waals surface area contributed by atoms with Gasteiger partial charge >= 0.3 is 6.16 Å². The second kappa shape index (κ2) is 12.5. The molecule has 0 atom stereocenters. The molecule has 0 amide bonds. The Kier molecular flexibility index (Phi) is 9.64. The molecule has 2 aromatic rings. The van der Waals surface area contributed by atoms with Crippen molar-refractivity contribution in [1.82, 2.24) is 0 Å². The van der Waals surface area contributed by atoms with Crippen LogP contribution in [0.25, 0.3) is 0 Å². The molecule has 0 N–H and O–H groups in total. The number of methoxy groups -OCH3 is 4. The molecule has 0 saturated heterocycles. The molecule has 0 bridgehead atoms. The predicted molar refractivity (Wildman–Crippen MR) is 113 cm³/mol. The minimum atomic E-state index is -0.644. The van der Waals surface area contributed by atoms with Crippen LogP contribution in [0.2, 0.25) is 0 Å². The van der Waals surface area contributed by atoms with E-state index < -0.39 is 6.16 Å². The Bertz CT molecular complexity index is 739. The van der Waals surface area contributed by atoms with Gasteiger partial charge in [-0.05, 0) is 61.1 Å². The fourth-order valence-corrected chi connectivity index (χ4v) is 2.98. The van der Waals surface area contributed by atoms with Gasteiger partial charge in [-0.1, -0.05) is 12.1 Å². The highest BCUT2D eigenvalue weighted by atomic mass is 16.7. The van der Waals surface area contributed by atoms with Crippen molar-refractivity contribution in [3.8, 4) is 23.0 Å². The van der Waals surface area contributed by atoms with Gasteiger partial charge in [-0.25, -0.2) is 4.79 Å².